The molecule has 0 radical (unpaired) electrons. The number of hydrogen-bond donors (Lipinski definition) is 1. The Kier molecular flexibility index (Phi) is 3.33. The topological polar surface area (TPSA) is 55.9 Å². The molecule has 0 atom stereocenters. The number of aromatic nitrogens is 4. The third-order valence-corrected chi connectivity index (χ3v) is 4.76. The molecule has 5 aromatic rings. The summed E-state index contributed by atoms with van der Waals surface area (Å²) in [5.74, 6) is 0. The molecule has 5 nitrogen and oxygen atoms in total. The molecule has 0 saturated carbocycles. The summed E-state index contributed by atoms with van der Waals surface area (Å²) >= 11 is 0. The van der Waals surface area contributed by atoms with Gasteiger partial charge >= 0.3 is 0 Å². The first-order chi connectivity index (χ1) is 12.9. The molecule has 3 aromatic carbocycles. The first kappa shape index (κ1) is 14.9. The highest BCUT2D eigenvalue weighted by atomic mass is 16.3. The molecule has 1 N–H and O–H groups in total. The van der Waals surface area contributed by atoms with Gasteiger partial charge in [0.1, 0.15) is 6.73 Å². The van der Waals surface area contributed by atoms with Crippen molar-refractivity contribution in [3.63, 3.8) is 0 Å². The van der Waals surface area contributed by atoms with Gasteiger partial charge in [-0.1, -0.05) is 53.7 Å². The Morgan fingerprint density at radius 1 is 0.808 bits per heavy atom. The molecular formula is C21H16N4O. The lowest BCUT2D eigenvalue weighted by Crippen LogP contribution is -2.00. The van der Waals surface area contributed by atoms with Crippen molar-refractivity contribution >= 4 is 21.8 Å². The van der Waals surface area contributed by atoms with E-state index >= 15 is 0 Å². The highest BCUT2D eigenvalue weighted by Crippen LogP contribution is 2.31. The molecule has 0 unspecified atom stereocenters. The molecule has 0 spiro atoms. The van der Waals surface area contributed by atoms with Crippen molar-refractivity contribution in [1.29, 1.82) is 0 Å². The van der Waals surface area contributed by atoms with Crippen LogP contribution >= 0.6 is 0 Å². The number of nitrogens with zero attached hydrogens (tertiary/aromatic N) is 4. The van der Waals surface area contributed by atoms with E-state index < -0.39 is 0 Å². The lowest BCUT2D eigenvalue weighted by molar-refractivity contribution is 0.220. The Hall–Kier alpha value is -3.44. The zero-order valence-electron chi connectivity index (χ0n) is 13.9. The molecular weight excluding hydrogens is 324 g/mol. The minimum absolute atomic E-state index is 0.0536. The number of aliphatic hydroxyl groups is 1. The van der Waals surface area contributed by atoms with E-state index in [1.54, 1.807) is 6.20 Å². The van der Waals surface area contributed by atoms with E-state index in [-0.39, 0.29) is 6.73 Å². The van der Waals surface area contributed by atoms with Crippen LogP contribution < -0.4 is 0 Å². The number of rotatable bonds is 3. The second-order valence-electron chi connectivity index (χ2n) is 6.19. The Morgan fingerprint density at radius 2 is 1.58 bits per heavy atom. The predicted molar refractivity (Wildman–Crippen MR) is 102 cm³/mol. The summed E-state index contributed by atoms with van der Waals surface area (Å²) in [7, 11) is 0. The largest absolute Gasteiger partial charge is 0.376 e. The van der Waals surface area contributed by atoms with Crippen LogP contribution in [0.2, 0.25) is 0 Å². The predicted octanol–water partition coefficient (Wildman–Crippen LogP) is 3.99. The Bertz CT molecular complexity index is 1220. The van der Waals surface area contributed by atoms with E-state index in [4.69, 9.17) is 0 Å². The monoisotopic (exact) mass is 340 g/mol. The molecule has 0 aliphatic carbocycles. The zero-order chi connectivity index (χ0) is 17.5. The van der Waals surface area contributed by atoms with Crippen molar-refractivity contribution in [1.82, 2.24) is 19.6 Å². The van der Waals surface area contributed by atoms with Gasteiger partial charge in [-0.25, -0.2) is 4.68 Å². The van der Waals surface area contributed by atoms with E-state index in [0.29, 0.717) is 0 Å². The minimum atomic E-state index is -0.0536. The molecule has 26 heavy (non-hydrogen) atoms. The van der Waals surface area contributed by atoms with Gasteiger partial charge in [0.15, 0.2) is 0 Å². The number of benzene rings is 3. The number of aliphatic hydroxyl groups excluding tert-OH is 1. The molecule has 0 amide bonds. The lowest BCUT2D eigenvalue weighted by atomic mass is 10.1. The smallest absolute Gasteiger partial charge is 0.120 e. The van der Waals surface area contributed by atoms with Crippen molar-refractivity contribution in [2.75, 3.05) is 0 Å². The zero-order valence-corrected chi connectivity index (χ0v) is 13.9. The van der Waals surface area contributed by atoms with Gasteiger partial charge in [-0.2, -0.15) is 0 Å². The summed E-state index contributed by atoms with van der Waals surface area (Å²) in [5.41, 5.74) is 4.96. The highest BCUT2D eigenvalue weighted by Gasteiger charge is 2.13. The molecule has 0 aliphatic rings. The fraction of sp³-hybridized carbons (Fsp3) is 0.0476. The van der Waals surface area contributed by atoms with Crippen LogP contribution in [0.4, 0.5) is 0 Å². The number of para-hydroxylation sites is 1. The van der Waals surface area contributed by atoms with Gasteiger partial charge in [-0.15, -0.1) is 5.10 Å². The Morgan fingerprint density at radius 3 is 2.42 bits per heavy atom. The van der Waals surface area contributed by atoms with Crippen LogP contribution in [-0.4, -0.2) is 24.7 Å². The summed E-state index contributed by atoms with van der Waals surface area (Å²) < 4.78 is 3.76. The Balaban J connectivity index is 1.75. The summed E-state index contributed by atoms with van der Waals surface area (Å²) in [5, 5.41) is 20.4. The molecule has 2 heterocycles. The molecule has 0 fully saturated rings. The Labute approximate surface area is 149 Å². The normalized spacial score (nSPS) is 11.4. The molecule has 5 rings (SSSR count). The third-order valence-electron chi connectivity index (χ3n) is 4.76. The molecule has 5 heteroatoms. The maximum atomic E-state index is 9.80. The average Bonchev–Trinajstić information content (AvgIpc) is 3.31. The van der Waals surface area contributed by atoms with Gasteiger partial charge in [-0.3, -0.25) is 0 Å². The van der Waals surface area contributed by atoms with Crippen molar-refractivity contribution < 1.29 is 5.11 Å². The highest BCUT2D eigenvalue weighted by molar-refractivity contribution is 6.08. The van der Waals surface area contributed by atoms with E-state index in [1.807, 2.05) is 69.9 Å². The summed E-state index contributed by atoms with van der Waals surface area (Å²) in [4.78, 5) is 0. The molecule has 2 aromatic heterocycles. The second-order valence-corrected chi connectivity index (χ2v) is 6.19. The van der Waals surface area contributed by atoms with Gasteiger partial charge in [0.25, 0.3) is 0 Å². The van der Waals surface area contributed by atoms with Gasteiger partial charge in [0.2, 0.25) is 0 Å². The van der Waals surface area contributed by atoms with Gasteiger partial charge in [0, 0.05) is 16.3 Å². The summed E-state index contributed by atoms with van der Waals surface area (Å²) in [6.07, 6.45) is 1.77. The fourth-order valence-electron chi connectivity index (χ4n) is 3.56. The summed E-state index contributed by atoms with van der Waals surface area (Å²) in [6, 6.07) is 24.3. The van der Waals surface area contributed by atoms with Crippen LogP contribution in [-0.2, 0) is 6.73 Å². The number of fused-ring (bicyclic) bond motifs is 3. The van der Waals surface area contributed by atoms with Crippen molar-refractivity contribution in [3.8, 4) is 16.9 Å². The van der Waals surface area contributed by atoms with Gasteiger partial charge in [0.05, 0.1) is 28.6 Å². The fourth-order valence-corrected chi connectivity index (χ4v) is 3.56. The maximum Gasteiger partial charge on any atom is 0.120 e. The van der Waals surface area contributed by atoms with Crippen LogP contribution in [0.1, 0.15) is 0 Å². The van der Waals surface area contributed by atoms with Crippen molar-refractivity contribution in [2.45, 2.75) is 6.73 Å². The van der Waals surface area contributed by atoms with Crippen LogP contribution in [0.3, 0.4) is 0 Å². The van der Waals surface area contributed by atoms with Crippen molar-refractivity contribution in [2.24, 2.45) is 0 Å². The minimum Gasteiger partial charge on any atom is -0.376 e. The maximum absolute atomic E-state index is 9.80. The molecule has 0 saturated heterocycles. The van der Waals surface area contributed by atoms with Crippen LogP contribution in [0.15, 0.2) is 79.0 Å². The van der Waals surface area contributed by atoms with E-state index in [0.717, 1.165) is 38.8 Å². The number of hydrogen-bond acceptors (Lipinski definition) is 3. The van der Waals surface area contributed by atoms with Gasteiger partial charge < -0.3 is 9.67 Å². The third kappa shape index (κ3) is 2.14. The SMILES string of the molecule is OCn1c2ccccc2c2cc(-n3nncc3-c3ccccc3)ccc21. The first-order valence-electron chi connectivity index (χ1n) is 8.45. The van der Waals surface area contributed by atoms with E-state index in [2.05, 4.69) is 22.4 Å². The van der Waals surface area contributed by atoms with Crippen molar-refractivity contribution in [3.05, 3.63) is 79.0 Å². The standard InChI is InChI=1S/C21H16N4O/c26-14-24-19-9-5-4-8-17(19)18-12-16(10-11-20(18)24)25-21(13-22-23-25)15-6-2-1-3-7-15/h1-13,26H,14H2. The first-order valence-corrected chi connectivity index (χ1v) is 8.45. The quantitative estimate of drug-likeness (QED) is 0.540. The summed E-state index contributed by atoms with van der Waals surface area (Å²) in [6.45, 7) is -0.0536. The van der Waals surface area contributed by atoms with Crippen LogP contribution in [0.5, 0.6) is 0 Å². The molecule has 126 valence electrons. The van der Waals surface area contributed by atoms with E-state index in [9.17, 15) is 5.11 Å². The van der Waals surface area contributed by atoms with Crippen LogP contribution in [0, 0.1) is 0 Å². The van der Waals surface area contributed by atoms with E-state index in [1.165, 1.54) is 0 Å². The van der Waals surface area contributed by atoms with Crippen LogP contribution in [0.25, 0.3) is 38.8 Å². The lowest BCUT2D eigenvalue weighted by Gasteiger charge is -2.07. The molecule has 0 aliphatic heterocycles. The average molecular weight is 340 g/mol. The molecule has 0 bridgehead atoms. The van der Waals surface area contributed by atoms with Gasteiger partial charge in [-0.05, 0) is 24.3 Å². The second kappa shape index (κ2) is 5.82.